The highest BCUT2D eigenvalue weighted by Crippen LogP contribution is 2.19. The number of hydrogen-bond acceptors (Lipinski definition) is 4. The van der Waals surface area contributed by atoms with Crippen LogP contribution in [0.15, 0.2) is 23.4 Å². The molecule has 1 unspecified atom stereocenters. The van der Waals surface area contributed by atoms with Gasteiger partial charge >= 0.3 is 0 Å². The van der Waals surface area contributed by atoms with Gasteiger partial charge in [0.25, 0.3) is 0 Å². The Morgan fingerprint density at radius 1 is 1.44 bits per heavy atom. The van der Waals surface area contributed by atoms with Crippen molar-refractivity contribution in [3.63, 3.8) is 0 Å². The van der Waals surface area contributed by atoms with Gasteiger partial charge in [-0.3, -0.25) is 0 Å². The Balaban J connectivity index is 2.27. The van der Waals surface area contributed by atoms with Crippen LogP contribution in [-0.2, 0) is 9.84 Å². The lowest BCUT2D eigenvalue weighted by Crippen LogP contribution is -2.39. The highest BCUT2D eigenvalue weighted by Gasteiger charge is 2.29. The average Bonchev–Trinajstić information content (AvgIpc) is 2.31. The van der Waals surface area contributed by atoms with Crippen molar-refractivity contribution in [2.75, 3.05) is 13.1 Å². The van der Waals surface area contributed by atoms with E-state index in [0.717, 1.165) is 24.9 Å². The SMILES string of the molecule is Cc1ccc(S(=O)(=O)C2CCCNC2)nc1. The van der Waals surface area contributed by atoms with Gasteiger partial charge in [0.2, 0.25) is 0 Å². The molecule has 1 atom stereocenters. The van der Waals surface area contributed by atoms with Crippen molar-refractivity contribution in [3.8, 4) is 0 Å². The Hall–Kier alpha value is -0.940. The van der Waals surface area contributed by atoms with Gasteiger partial charge in [0, 0.05) is 12.7 Å². The van der Waals surface area contributed by atoms with Crippen LogP contribution in [-0.4, -0.2) is 31.7 Å². The largest absolute Gasteiger partial charge is 0.315 e. The molecule has 1 saturated heterocycles. The molecule has 0 saturated carbocycles. The molecule has 88 valence electrons. The van der Waals surface area contributed by atoms with E-state index in [4.69, 9.17) is 0 Å². The van der Waals surface area contributed by atoms with E-state index >= 15 is 0 Å². The quantitative estimate of drug-likeness (QED) is 0.835. The highest BCUT2D eigenvalue weighted by atomic mass is 32.2. The minimum atomic E-state index is -3.25. The summed E-state index contributed by atoms with van der Waals surface area (Å²) < 4.78 is 24.4. The van der Waals surface area contributed by atoms with Crippen LogP contribution in [0.25, 0.3) is 0 Å². The fourth-order valence-electron chi connectivity index (χ4n) is 1.88. The van der Waals surface area contributed by atoms with Gasteiger partial charge < -0.3 is 5.32 Å². The van der Waals surface area contributed by atoms with Gasteiger partial charge in [-0.2, -0.15) is 0 Å². The fourth-order valence-corrected chi connectivity index (χ4v) is 3.49. The van der Waals surface area contributed by atoms with Crippen LogP contribution in [0.4, 0.5) is 0 Å². The van der Waals surface area contributed by atoms with Crippen LogP contribution in [0.1, 0.15) is 18.4 Å². The molecule has 0 aliphatic carbocycles. The molecule has 2 rings (SSSR count). The molecule has 0 amide bonds. The molecule has 2 heterocycles. The van der Waals surface area contributed by atoms with Crippen molar-refractivity contribution in [1.29, 1.82) is 0 Å². The Labute approximate surface area is 96.0 Å². The molecule has 1 aliphatic heterocycles. The van der Waals surface area contributed by atoms with Gasteiger partial charge in [-0.15, -0.1) is 0 Å². The number of nitrogens with one attached hydrogen (secondary N) is 1. The van der Waals surface area contributed by atoms with Crippen LogP contribution >= 0.6 is 0 Å². The number of nitrogens with zero attached hydrogens (tertiary/aromatic N) is 1. The third-order valence-electron chi connectivity index (χ3n) is 2.87. The monoisotopic (exact) mass is 240 g/mol. The third kappa shape index (κ3) is 2.25. The van der Waals surface area contributed by atoms with E-state index in [-0.39, 0.29) is 10.3 Å². The zero-order valence-corrected chi connectivity index (χ0v) is 10.1. The first-order chi connectivity index (χ1) is 7.60. The third-order valence-corrected chi connectivity index (χ3v) is 4.97. The molecule has 1 fully saturated rings. The van der Waals surface area contributed by atoms with Crippen molar-refractivity contribution in [3.05, 3.63) is 23.9 Å². The van der Waals surface area contributed by atoms with E-state index < -0.39 is 9.84 Å². The van der Waals surface area contributed by atoms with E-state index in [9.17, 15) is 8.42 Å². The van der Waals surface area contributed by atoms with Crippen LogP contribution in [0.2, 0.25) is 0 Å². The van der Waals surface area contributed by atoms with E-state index in [0.29, 0.717) is 6.54 Å². The van der Waals surface area contributed by atoms with E-state index in [1.165, 1.54) is 0 Å². The van der Waals surface area contributed by atoms with Crippen LogP contribution in [0, 0.1) is 6.92 Å². The summed E-state index contributed by atoms with van der Waals surface area (Å²) in [6, 6.07) is 3.38. The smallest absolute Gasteiger partial charge is 0.199 e. The van der Waals surface area contributed by atoms with E-state index in [1.54, 1.807) is 18.3 Å². The lowest BCUT2D eigenvalue weighted by molar-refractivity contribution is 0.495. The Morgan fingerprint density at radius 2 is 2.25 bits per heavy atom. The van der Waals surface area contributed by atoms with Gasteiger partial charge in [0.15, 0.2) is 14.9 Å². The number of aromatic nitrogens is 1. The predicted molar refractivity (Wildman–Crippen MR) is 62.1 cm³/mol. The van der Waals surface area contributed by atoms with Gasteiger partial charge in [0.1, 0.15) is 0 Å². The molecule has 0 radical (unpaired) electrons. The molecular formula is C11H16N2O2S. The molecule has 4 nitrogen and oxygen atoms in total. The second-order valence-electron chi connectivity index (χ2n) is 4.19. The fraction of sp³-hybridized carbons (Fsp3) is 0.545. The molecule has 5 heteroatoms. The van der Waals surface area contributed by atoms with Crippen molar-refractivity contribution in [2.45, 2.75) is 30.0 Å². The number of hydrogen-bond donors (Lipinski definition) is 1. The Morgan fingerprint density at radius 3 is 2.81 bits per heavy atom. The summed E-state index contributed by atoms with van der Waals surface area (Å²) in [6.07, 6.45) is 3.24. The number of piperidine rings is 1. The standard InChI is InChI=1S/C11H16N2O2S/c1-9-4-5-11(13-7-9)16(14,15)10-3-2-6-12-8-10/h4-5,7,10,12H,2-3,6,8H2,1H3. The number of pyridine rings is 1. The molecule has 1 N–H and O–H groups in total. The zero-order valence-electron chi connectivity index (χ0n) is 9.31. The number of sulfone groups is 1. The summed E-state index contributed by atoms with van der Waals surface area (Å²) in [5, 5.41) is 2.99. The topological polar surface area (TPSA) is 59.1 Å². The maximum absolute atomic E-state index is 12.2. The summed E-state index contributed by atoms with van der Waals surface area (Å²) in [5.74, 6) is 0. The van der Waals surface area contributed by atoms with Crippen molar-refractivity contribution in [1.82, 2.24) is 10.3 Å². The van der Waals surface area contributed by atoms with Crippen molar-refractivity contribution >= 4 is 9.84 Å². The zero-order chi connectivity index (χ0) is 11.6. The summed E-state index contributed by atoms with van der Waals surface area (Å²) in [5.41, 5.74) is 0.973. The summed E-state index contributed by atoms with van der Waals surface area (Å²) in [7, 11) is -3.25. The first kappa shape index (κ1) is 11.5. The Bertz CT molecular complexity index is 447. The lowest BCUT2D eigenvalue weighted by Gasteiger charge is -2.22. The van der Waals surface area contributed by atoms with Crippen molar-refractivity contribution in [2.24, 2.45) is 0 Å². The highest BCUT2D eigenvalue weighted by molar-refractivity contribution is 7.92. The summed E-state index contributed by atoms with van der Waals surface area (Å²) in [4.78, 5) is 4.01. The maximum atomic E-state index is 12.2. The van der Waals surface area contributed by atoms with Crippen LogP contribution in [0.3, 0.4) is 0 Å². The van der Waals surface area contributed by atoms with Gasteiger partial charge in [-0.05, 0) is 37.9 Å². The second-order valence-corrected chi connectivity index (χ2v) is 6.36. The van der Waals surface area contributed by atoms with Crippen LogP contribution < -0.4 is 5.32 Å². The number of aryl methyl sites for hydroxylation is 1. The maximum Gasteiger partial charge on any atom is 0.199 e. The van der Waals surface area contributed by atoms with Crippen molar-refractivity contribution < 1.29 is 8.42 Å². The Kier molecular flexibility index (Phi) is 3.25. The first-order valence-corrected chi connectivity index (χ1v) is 7.02. The molecule has 1 aromatic heterocycles. The van der Waals surface area contributed by atoms with Gasteiger partial charge in [-0.25, -0.2) is 13.4 Å². The molecule has 1 aliphatic rings. The summed E-state index contributed by atoms with van der Waals surface area (Å²) in [6.45, 7) is 3.34. The lowest BCUT2D eigenvalue weighted by atomic mass is 10.2. The van der Waals surface area contributed by atoms with Gasteiger partial charge in [0.05, 0.1) is 5.25 Å². The molecule has 0 aromatic carbocycles. The molecular weight excluding hydrogens is 224 g/mol. The minimum absolute atomic E-state index is 0.201. The van der Waals surface area contributed by atoms with E-state index in [1.807, 2.05) is 6.92 Å². The van der Waals surface area contributed by atoms with Crippen LogP contribution in [0.5, 0.6) is 0 Å². The molecule has 16 heavy (non-hydrogen) atoms. The second kappa shape index (κ2) is 4.51. The molecule has 0 bridgehead atoms. The average molecular weight is 240 g/mol. The van der Waals surface area contributed by atoms with Gasteiger partial charge in [-0.1, -0.05) is 6.07 Å². The minimum Gasteiger partial charge on any atom is -0.315 e. The normalized spacial score (nSPS) is 21.9. The summed E-state index contributed by atoms with van der Waals surface area (Å²) >= 11 is 0. The molecule has 0 spiro atoms. The predicted octanol–water partition coefficient (Wildman–Crippen LogP) is 0.916. The first-order valence-electron chi connectivity index (χ1n) is 5.48. The number of rotatable bonds is 2. The van der Waals surface area contributed by atoms with E-state index in [2.05, 4.69) is 10.3 Å². The molecule has 1 aromatic rings.